The molecule has 0 aliphatic heterocycles. The fraction of sp³-hybridized carbons (Fsp3) is 0.750. The van der Waals surface area contributed by atoms with E-state index in [-0.39, 0.29) is 0 Å². The molecule has 0 rings (SSSR count). The average Bonchev–Trinajstić information content (AvgIpc) is 2.14. The summed E-state index contributed by atoms with van der Waals surface area (Å²) < 4.78 is 0. The van der Waals surface area contributed by atoms with Crippen LogP contribution in [-0.2, 0) is 4.79 Å². The van der Waals surface area contributed by atoms with E-state index in [4.69, 9.17) is 0 Å². The van der Waals surface area contributed by atoms with E-state index in [9.17, 15) is 4.79 Å². The third-order valence-corrected chi connectivity index (χ3v) is 2.17. The molecule has 0 aromatic heterocycles. The Morgan fingerprint density at radius 1 is 1.15 bits per heavy atom. The summed E-state index contributed by atoms with van der Waals surface area (Å²) in [7, 11) is 0. The van der Waals surface area contributed by atoms with Crippen LogP contribution in [0.4, 0.5) is 0 Å². The molecule has 0 heterocycles. The van der Waals surface area contributed by atoms with E-state index in [0.717, 1.165) is 38.5 Å². The van der Waals surface area contributed by atoms with Crippen LogP contribution < -0.4 is 0 Å². The Labute approximate surface area is 82.2 Å². The van der Waals surface area contributed by atoms with Crippen LogP contribution in [-0.4, -0.2) is 5.78 Å². The molecule has 0 aliphatic carbocycles. The van der Waals surface area contributed by atoms with Crippen molar-refractivity contribution in [3.8, 4) is 0 Å². The number of unbranched alkanes of at least 4 members (excludes halogenated alkanes) is 4. The highest BCUT2D eigenvalue weighted by Gasteiger charge is 1.99. The summed E-state index contributed by atoms with van der Waals surface area (Å²) in [5.74, 6) is 0.445. The van der Waals surface area contributed by atoms with Crippen LogP contribution in [0.5, 0.6) is 0 Å². The van der Waals surface area contributed by atoms with Crippen molar-refractivity contribution >= 4 is 5.78 Å². The van der Waals surface area contributed by atoms with Crippen molar-refractivity contribution in [3.63, 3.8) is 0 Å². The van der Waals surface area contributed by atoms with Crippen molar-refractivity contribution in [1.82, 2.24) is 0 Å². The monoisotopic (exact) mass is 182 g/mol. The first-order valence-electron chi connectivity index (χ1n) is 5.43. The van der Waals surface area contributed by atoms with Crippen LogP contribution in [0.25, 0.3) is 0 Å². The van der Waals surface area contributed by atoms with E-state index in [1.165, 1.54) is 12.8 Å². The molecule has 0 aromatic carbocycles. The van der Waals surface area contributed by atoms with Crippen molar-refractivity contribution in [1.29, 1.82) is 0 Å². The van der Waals surface area contributed by atoms with E-state index in [0.29, 0.717) is 5.78 Å². The highest BCUT2D eigenvalue weighted by atomic mass is 16.1. The van der Waals surface area contributed by atoms with Crippen molar-refractivity contribution in [2.75, 3.05) is 0 Å². The summed E-state index contributed by atoms with van der Waals surface area (Å²) in [5, 5.41) is 0. The second-order valence-electron chi connectivity index (χ2n) is 3.53. The Morgan fingerprint density at radius 2 is 1.85 bits per heavy atom. The summed E-state index contributed by atoms with van der Waals surface area (Å²) in [6.45, 7) is 5.79. The van der Waals surface area contributed by atoms with Gasteiger partial charge in [0.1, 0.15) is 5.78 Å². The molecule has 1 heteroatoms. The fourth-order valence-corrected chi connectivity index (χ4v) is 1.29. The van der Waals surface area contributed by atoms with E-state index < -0.39 is 0 Å². The average molecular weight is 182 g/mol. The van der Waals surface area contributed by atoms with Gasteiger partial charge in [-0.1, -0.05) is 25.8 Å². The van der Waals surface area contributed by atoms with Crippen LogP contribution >= 0.6 is 0 Å². The molecule has 13 heavy (non-hydrogen) atoms. The molecule has 0 fully saturated rings. The van der Waals surface area contributed by atoms with Crippen molar-refractivity contribution < 1.29 is 4.79 Å². The molecule has 0 unspecified atom stereocenters. The quantitative estimate of drug-likeness (QED) is 0.390. The Bertz CT molecular complexity index is 138. The maximum atomic E-state index is 11.2. The van der Waals surface area contributed by atoms with Gasteiger partial charge in [-0.2, -0.15) is 0 Å². The van der Waals surface area contributed by atoms with Crippen molar-refractivity contribution in [2.24, 2.45) is 0 Å². The lowest BCUT2D eigenvalue weighted by atomic mass is 10.1. The number of allylic oxidation sites excluding steroid dienone is 1. The van der Waals surface area contributed by atoms with Gasteiger partial charge in [-0.15, -0.1) is 6.58 Å². The SMILES string of the molecule is C=CCCCCCC(=O)CCCC. The van der Waals surface area contributed by atoms with Gasteiger partial charge in [-0.3, -0.25) is 4.79 Å². The first-order chi connectivity index (χ1) is 6.31. The predicted molar refractivity (Wildman–Crippen MR) is 57.8 cm³/mol. The zero-order valence-corrected chi connectivity index (χ0v) is 8.85. The molecular weight excluding hydrogens is 160 g/mol. The van der Waals surface area contributed by atoms with Crippen LogP contribution in [0.15, 0.2) is 12.7 Å². The highest BCUT2D eigenvalue weighted by Crippen LogP contribution is 2.06. The molecule has 0 bridgehead atoms. The summed E-state index contributed by atoms with van der Waals surface area (Å²) in [6.07, 6.45) is 10.2. The number of Topliss-reactive ketones (excluding diaryl/α,β-unsaturated/α-hetero) is 1. The predicted octanol–water partition coefficient (Wildman–Crippen LogP) is 3.88. The number of carbonyl (C=O) groups excluding carboxylic acids is 1. The molecule has 0 N–H and O–H groups in total. The summed E-state index contributed by atoms with van der Waals surface area (Å²) in [5.41, 5.74) is 0. The molecule has 1 nitrogen and oxygen atoms in total. The van der Waals surface area contributed by atoms with Gasteiger partial charge >= 0.3 is 0 Å². The Balaban J connectivity index is 3.12. The number of rotatable bonds is 9. The number of hydrogen-bond donors (Lipinski definition) is 0. The molecule has 0 spiro atoms. The molecule has 0 saturated carbocycles. The van der Waals surface area contributed by atoms with Crippen LogP contribution in [0.1, 0.15) is 58.3 Å². The fourth-order valence-electron chi connectivity index (χ4n) is 1.29. The van der Waals surface area contributed by atoms with Crippen LogP contribution in [0, 0.1) is 0 Å². The van der Waals surface area contributed by atoms with Gasteiger partial charge in [0.15, 0.2) is 0 Å². The summed E-state index contributed by atoms with van der Waals surface area (Å²) in [6, 6.07) is 0. The van der Waals surface area contributed by atoms with Crippen LogP contribution in [0.2, 0.25) is 0 Å². The maximum absolute atomic E-state index is 11.2. The Morgan fingerprint density at radius 3 is 2.46 bits per heavy atom. The van der Waals surface area contributed by atoms with Crippen molar-refractivity contribution in [2.45, 2.75) is 58.3 Å². The van der Waals surface area contributed by atoms with Gasteiger partial charge in [-0.25, -0.2) is 0 Å². The lowest BCUT2D eigenvalue weighted by Crippen LogP contribution is -1.96. The summed E-state index contributed by atoms with van der Waals surface area (Å²) in [4.78, 5) is 11.2. The molecular formula is C12H22O. The Hall–Kier alpha value is -0.590. The highest BCUT2D eigenvalue weighted by molar-refractivity contribution is 5.78. The van der Waals surface area contributed by atoms with Crippen molar-refractivity contribution in [3.05, 3.63) is 12.7 Å². The van der Waals surface area contributed by atoms with E-state index in [1.54, 1.807) is 0 Å². The normalized spacial score (nSPS) is 9.92. The van der Waals surface area contributed by atoms with Gasteiger partial charge in [-0.05, 0) is 25.7 Å². The maximum Gasteiger partial charge on any atom is 0.132 e. The Kier molecular flexibility index (Phi) is 9.07. The standard InChI is InChI=1S/C12H22O/c1-3-5-7-8-9-11-12(13)10-6-4-2/h3H,1,4-11H2,2H3. The minimum absolute atomic E-state index is 0.445. The third kappa shape index (κ3) is 9.32. The second kappa shape index (κ2) is 9.50. The zero-order valence-electron chi connectivity index (χ0n) is 8.85. The second-order valence-corrected chi connectivity index (χ2v) is 3.53. The van der Waals surface area contributed by atoms with Gasteiger partial charge in [0.2, 0.25) is 0 Å². The lowest BCUT2D eigenvalue weighted by molar-refractivity contribution is -0.119. The first-order valence-corrected chi connectivity index (χ1v) is 5.43. The minimum atomic E-state index is 0.445. The molecule has 0 radical (unpaired) electrons. The molecule has 0 aliphatic rings. The number of hydrogen-bond acceptors (Lipinski definition) is 1. The minimum Gasteiger partial charge on any atom is -0.300 e. The van der Waals surface area contributed by atoms with E-state index in [2.05, 4.69) is 13.5 Å². The lowest BCUT2D eigenvalue weighted by Gasteiger charge is -1.99. The van der Waals surface area contributed by atoms with Crippen LogP contribution in [0.3, 0.4) is 0 Å². The smallest absolute Gasteiger partial charge is 0.132 e. The van der Waals surface area contributed by atoms with Gasteiger partial charge in [0, 0.05) is 12.8 Å². The first kappa shape index (κ1) is 12.4. The third-order valence-electron chi connectivity index (χ3n) is 2.17. The van der Waals surface area contributed by atoms with Gasteiger partial charge < -0.3 is 0 Å². The molecule has 0 saturated heterocycles. The molecule has 0 amide bonds. The largest absolute Gasteiger partial charge is 0.300 e. The number of carbonyl (C=O) groups is 1. The van der Waals surface area contributed by atoms with E-state index in [1.807, 2.05) is 6.08 Å². The zero-order chi connectivity index (χ0) is 9.94. The summed E-state index contributed by atoms with van der Waals surface area (Å²) >= 11 is 0. The van der Waals surface area contributed by atoms with Gasteiger partial charge in [0.25, 0.3) is 0 Å². The number of ketones is 1. The molecule has 0 aromatic rings. The molecule has 0 atom stereocenters. The molecule has 76 valence electrons. The van der Waals surface area contributed by atoms with E-state index >= 15 is 0 Å². The van der Waals surface area contributed by atoms with Gasteiger partial charge in [0.05, 0.1) is 0 Å². The topological polar surface area (TPSA) is 17.1 Å².